The molecule has 0 aromatic carbocycles. The third kappa shape index (κ3) is 24.1. The Hall–Kier alpha value is 0.480. The van der Waals surface area contributed by atoms with E-state index in [0.717, 1.165) is 0 Å². The van der Waals surface area contributed by atoms with Gasteiger partial charge in [-0.2, -0.15) is 0 Å². The molecule has 0 heterocycles. The van der Waals surface area contributed by atoms with Crippen LogP contribution in [0.3, 0.4) is 0 Å². The molecule has 0 rings (SSSR count). The number of hydrogen-bond donors (Lipinski definition) is 0. The van der Waals surface area contributed by atoms with Gasteiger partial charge in [0.15, 0.2) is 0 Å². The summed E-state index contributed by atoms with van der Waals surface area (Å²) in [6, 6.07) is 0. The summed E-state index contributed by atoms with van der Waals surface area (Å²) in [6.45, 7) is 19.5. The van der Waals surface area contributed by atoms with Crippen molar-refractivity contribution in [3.63, 3.8) is 0 Å². The maximum atomic E-state index is 4.89. The lowest BCUT2D eigenvalue weighted by Crippen LogP contribution is -2.58. The zero-order valence-corrected chi connectivity index (χ0v) is 43.2. The highest BCUT2D eigenvalue weighted by Gasteiger charge is 2.61. The summed E-state index contributed by atoms with van der Waals surface area (Å²) in [4.78, 5) is 0.659. The molecule has 57 heavy (non-hydrogen) atoms. The van der Waals surface area contributed by atoms with E-state index in [1.165, 1.54) is 283 Å². The van der Waals surface area contributed by atoms with Gasteiger partial charge in [0.05, 0.1) is 0 Å². The normalized spacial score (nSPS) is 13.2. The number of hydrogen-bond acceptors (Lipinski definition) is 0. The van der Waals surface area contributed by atoms with Crippen LogP contribution in [0.2, 0.25) is 0 Å². The molecule has 0 saturated carbocycles. The molecular weight excluding hydrogens is 753 g/mol. The molecule has 0 nitrogen and oxygen atoms in total. The summed E-state index contributed by atoms with van der Waals surface area (Å²) in [5.74, 6) is 0. The molecule has 1 atom stereocenters. The number of halogens is 1. The van der Waals surface area contributed by atoms with Crippen LogP contribution in [0.1, 0.15) is 338 Å². The van der Waals surface area contributed by atoms with Crippen LogP contribution in [-0.4, -0.2) is 4.83 Å². The standard InChI is InChI=1S/C56H113Br/c1-9-17-25-30-35-40-45-53(57)55(49-41-36-31-26-18-10-2,50-42-37-32-27-19-11-3)56(51-43-38-33-28-20-12-4,52-44-39-34-29-21-13-5)54(46-22-14-6,47-23-15-7)48-24-16-8/h53H,9-52H2,1-8H3. The van der Waals surface area contributed by atoms with Crippen LogP contribution in [-0.2, 0) is 0 Å². The maximum absolute atomic E-state index is 4.89. The van der Waals surface area contributed by atoms with E-state index in [1.807, 2.05) is 0 Å². The van der Waals surface area contributed by atoms with E-state index in [9.17, 15) is 0 Å². The Balaban J connectivity index is 7.83. The summed E-state index contributed by atoms with van der Waals surface area (Å²) in [5, 5.41) is 0. The first-order valence-electron chi connectivity index (χ1n) is 27.5. The summed E-state index contributed by atoms with van der Waals surface area (Å²) in [6.07, 6.45) is 63.5. The lowest BCUT2D eigenvalue weighted by Gasteiger charge is -2.65. The van der Waals surface area contributed by atoms with Crippen LogP contribution in [0.15, 0.2) is 0 Å². The maximum Gasteiger partial charge on any atom is 0.0207 e. The van der Waals surface area contributed by atoms with Gasteiger partial charge in [-0.1, -0.05) is 302 Å². The first-order valence-corrected chi connectivity index (χ1v) is 28.5. The average Bonchev–Trinajstić information content (AvgIpc) is 3.22. The van der Waals surface area contributed by atoms with E-state index < -0.39 is 0 Å². The van der Waals surface area contributed by atoms with Crippen molar-refractivity contribution >= 4 is 15.9 Å². The molecule has 0 N–H and O–H groups in total. The Labute approximate surface area is 373 Å². The van der Waals surface area contributed by atoms with E-state index >= 15 is 0 Å². The van der Waals surface area contributed by atoms with Crippen molar-refractivity contribution in [3.8, 4) is 0 Å². The minimum absolute atomic E-state index is 0.397. The van der Waals surface area contributed by atoms with Gasteiger partial charge >= 0.3 is 0 Å². The molecular formula is C56H113Br. The third-order valence-corrected chi connectivity index (χ3v) is 16.6. The zero-order chi connectivity index (χ0) is 42.2. The van der Waals surface area contributed by atoms with E-state index in [1.54, 1.807) is 0 Å². The molecule has 0 bridgehead atoms. The van der Waals surface area contributed by atoms with Crippen molar-refractivity contribution in [1.29, 1.82) is 0 Å². The molecule has 0 radical (unpaired) electrons. The summed E-state index contributed by atoms with van der Waals surface area (Å²) in [5.41, 5.74) is 1.30. The molecule has 344 valence electrons. The van der Waals surface area contributed by atoms with Gasteiger partial charge in [-0.15, -0.1) is 0 Å². The second-order valence-electron chi connectivity index (χ2n) is 19.9. The van der Waals surface area contributed by atoms with Crippen LogP contribution in [0.25, 0.3) is 0 Å². The molecule has 0 saturated heterocycles. The number of alkyl halides is 1. The first kappa shape index (κ1) is 57.5. The Morgan fingerprint density at radius 1 is 0.263 bits per heavy atom. The Morgan fingerprint density at radius 3 is 0.807 bits per heavy atom. The molecule has 0 aliphatic rings. The fourth-order valence-corrected chi connectivity index (χ4v) is 13.0. The van der Waals surface area contributed by atoms with Gasteiger partial charge in [-0.05, 0) is 67.6 Å². The van der Waals surface area contributed by atoms with Crippen molar-refractivity contribution in [2.75, 3.05) is 0 Å². The average molecular weight is 866 g/mol. The smallest absolute Gasteiger partial charge is 0.0207 e. The van der Waals surface area contributed by atoms with Gasteiger partial charge in [0.2, 0.25) is 0 Å². The van der Waals surface area contributed by atoms with Crippen LogP contribution >= 0.6 is 15.9 Å². The van der Waals surface area contributed by atoms with Gasteiger partial charge in [-0.3, -0.25) is 0 Å². The highest BCUT2D eigenvalue weighted by Crippen LogP contribution is 2.69. The Bertz CT molecular complexity index is 730. The van der Waals surface area contributed by atoms with Crippen LogP contribution in [0.4, 0.5) is 0 Å². The van der Waals surface area contributed by atoms with Gasteiger partial charge in [0.25, 0.3) is 0 Å². The predicted molar refractivity (Wildman–Crippen MR) is 269 cm³/mol. The Kier molecular flexibility index (Phi) is 40.9. The number of unbranched alkanes of at least 4 members (excludes halogenated alkanes) is 28. The minimum Gasteiger partial charge on any atom is -0.0884 e. The number of rotatable bonds is 47. The molecule has 0 fully saturated rings. The van der Waals surface area contributed by atoms with Crippen LogP contribution in [0.5, 0.6) is 0 Å². The second-order valence-corrected chi connectivity index (χ2v) is 21.0. The summed E-state index contributed by atoms with van der Waals surface area (Å²) in [7, 11) is 0. The van der Waals surface area contributed by atoms with Gasteiger partial charge in [-0.25, -0.2) is 0 Å². The van der Waals surface area contributed by atoms with Crippen molar-refractivity contribution < 1.29 is 0 Å². The molecule has 0 spiro atoms. The van der Waals surface area contributed by atoms with Gasteiger partial charge in [0.1, 0.15) is 0 Å². The fourth-order valence-electron chi connectivity index (χ4n) is 11.8. The first-order chi connectivity index (χ1) is 27.9. The summed E-state index contributed by atoms with van der Waals surface area (Å²) >= 11 is 4.89. The minimum atomic E-state index is 0.397. The predicted octanol–water partition coefficient (Wildman–Crippen LogP) is 22.0. The SMILES string of the molecule is CCCCCCCCC(Br)C(CCCCCCCC)(CCCCCCCC)C(CCCCCCCC)(CCCCCCCC)C(CCCC)(CCCC)CCCC. The van der Waals surface area contributed by atoms with Crippen molar-refractivity contribution in [2.45, 2.75) is 343 Å². The molecule has 0 amide bonds. The molecule has 1 heteroatoms. The lowest BCUT2D eigenvalue weighted by atomic mass is 9.41. The third-order valence-electron chi connectivity index (χ3n) is 15.3. The molecule has 1 unspecified atom stereocenters. The molecule has 0 aromatic heterocycles. The molecule has 0 aromatic rings. The molecule has 0 aliphatic carbocycles. The van der Waals surface area contributed by atoms with Crippen molar-refractivity contribution in [1.82, 2.24) is 0 Å². The van der Waals surface area contributed by atoms with E-state index in [0.29, 0.717) is 21.1 Å². The van der Waals surface area contributed by atoms with E-state index in [-0.39, 0.29) is 0 Å². The lowest BCUT2D eigenvalue weighted by molar-refractivity contribution is -0.136. The quantitative estimate of drug-likeness (QED) is 0.0422. The van der Waals surface area contributed by atoms with E-state index in [4.69, 9.17) is 15.9 Å². The van der Waals surface area contributed by atoms with Crippen molar-refractivity contribution in [3.05, 3.63) is 0 Å². The van der Waals surface area contributed by atoms with Crippen LogP contribution in [0, 0.1) is 16.2 Å². The summed E-state index contributed by atoms with van der Waals surface area (Å²) < 4.78 is 0. The van der Waals surface area contributed by atoms with E-state index in [2.05, 4.69) is 55.4 Å². The fraction of sp³-hybridized carbons (Fsp3) is 1.00. The van der Waals surface area contributed by atoms with Crippen LogP contribution < -0.4 is 0 Å². The largest absolute Gasteiger partial charge is 0.0884 e. The van der Waals surface area contributed by atoms with Gasteiger partial charge < -0.3 is 0 Å². The topological polar surface area (TPSA) is 0 Å². The molecule has 0 aliphatic heterocycles. The van der Waals surface area contributed by atoms with Crippen molar-refractivity contribution in [2.24, 2.45) is 16.2 Å². The second kappa shape index (κ2) is 40.5. The highest BCUT2D eigenvalue weighted by molar-refractivity contribution is 9.09. The zero-order valence-electron chi connectivity index (χ0n) is 41.6. The van der Waals surface area contributed by atoms with Gasteiger partial charge in [0, 0.05) is 4.83 Å². The Morgan fingerprint density at radius 2 is 0.509 bits per heavy atom. The monoisotopic (exact) mass is 865 g/mol. The highest BCUT2D eigenvalue weighted by atomic mass is 79.9.